The average molecular weight is 365 g/mol. The van der Waals surface area contributed by atoms with Crippen molar-refractivity contribution in [2.75, 3.05) is 31.7 Å². The fraction of sp³-hybridized carbons (Fsp3) is 0.200. The topological polar surface area (TPSA) is 81.7 Å². The molecule has 2 heterocycles. The van der Waals surface area contributed by atoms with Gasteiger partial charge in [-0.3, -0.25) is 4.98 Å². The number of aromatic nitrogens is 1. The van der Waals surface area contributed by atoms with Crippen molar-refractivity contribution in [2.24, 2.45) is 0 Å². The summed E-state index contributed by atoms with van der Waals surface area (Å²) in [6.45, 7) is 1.78. The smallest absolute Gasteiger partial charge is 0.319 e. The minimum atomic E-state index is -0.307. The van der Waals surface area contributed by atoms with Gasteiger partial charge in [-0.1, -0.05) is 6.07 Å². The number of carbonyl (C=O) groups excluding carboxylic acids is 1. The van der Waals surface area contributed by atoms with Crippen molar-refractivity contribution < 1.29 is 19.0 Å². The van der Waals surface area contributed by atoms with Gasteiger partial charge in [0, 0.05) is 23.3 Å². The van der Waals surface area contributed by atoms with Gasteiger partial charge in [0.05, 0.1) is 12.1 Å². The van der Waals surface area contributed by atoms with Crippen molar-refractivity contribution in [3.8, 4) is 17.2 Å². The minimum absolute atomic E-state index is 0.307. The molecule has 4 rings (SSSR count). The van der Waals surface area contributed by atoms with Crippen molar-refractivity contribution in [3.05, 3.63) is 54.7 Å². The van der Waals surface area contributed by atoms with E-state index >= 15 is 0 Å². The Bertz CT molecular complexity index is 961. The lowest BCUT2D eigenvalue weighted by molar-refractivity contribution is 0.171. The Hall–Kier alpha value is -3.48. The maximum Gasteiger partial charge on any atom is 0.319 e. The van der Waals surface area contributed by atoms with E-state index < -0.39 is 0 Å². The van der Waals surface area contributed by atoms with Crippen molar-refractivity contribution in [3.63, 3.8) is 0 Å². The number of fused-ring (bicyclic) bond motifs is 2. The molecule has 7 heteroatoms. The Morgan fingerprint density at radius 2 is 1.96 bits per heavy atom. The number of amides is 2. The van der Waals surface area contributed by atoms with Crippen LogP contribution < -0.4 is 24.8 Å². The highest BCUT2D eigenvalue weighted by Crippen LogP contribution is 2.32. The Morgan fingerprint density at radius 3 is 2.89 bits per heavy atom. The zero-order valence-electron chi connectivity index (χ0n) is 14.6. The Kier molecular flexibility index (Phi) is 4.91. The molecule has 2 aromatic carbocycles. The quantitative estimate of drug-likeness (QED) is 0.679. The van der Waals surface area contributed by atoms with Crippen molar-refractivity contribution >= 4 is 22.6 Å². The predicted octanol–water partition coefficient (Wildman–Crippen LogP) is 3.21. The molecule has 1 aliphatic heterocycles. The molecule has 2 amide bonds. The molecule has 138 valence electrons. The van der Waals surface area contributed by atoms with Gasteiger partial charge in [-0.25, -0.2) is 4.79 Å². The number of urea groups is 1. The monoisotopic (exact) mass is 365 g/mol. The summed E-state index contributed by atoms with van der Waals surface area (Å²) in [7, 11) is 0. The zero-order valence-corrected chi connectivity index (χ0v) is 14.6. The first-order valence-corrected chi connectivity index (χ1v) is 8.70. The fourth-order valence-corrected chi connectivity index (χ4v) is 2.77. The second-order valence-corrected chi connectivity index (χ2v) is 5.95. The summed E-state index contributed by atoms with van der Waals surface area (Å²) in [6.07, 6.45) is 1.76. The highest BCUT2D eigenvalue weighted by Gasteiger charge is 2.12. The van der Waals surface area contributed by atoms with E-state index in [4.69, 9.17) is 14.2 Å². The Labute approximate surface area is 156 Å². The van der Waals surface area contributed by atoms with Crippen molar-refractivity contribution in [1.82, 2.24) is 10.3 Å². The normalized spacial score (nSPS) is 12.4. The van der Waals surface area contributed by atoms with Gasteiger partial charge < -0.3 is 24.8 Å². The number of anilines is 1. The minimum Gasteiger partial charge on any atom is -0.492 e. The summed E-state index contributed by atoms with van der Waals surface area (Å²) < 4.78 is 16.6. The molecule has 0 unspecified atom stereocenters. The van der Waals surface area contributed by atoms with E-state index in [0.717, 1.165) is 16.7 Å². The van der Waals surface area contributed by atoms with Crippen LogP contribution >= 0.6 is 0 Å². The maximum absolute atomic E-state index is 12.0. The molecule has 3 aromatic rings. The Morgan fingerprint density at radius 1 is 1.07 bits per heavy atom. The number of hydrogen-bond acceptors (Lipinski definition) is 5. The zero-order chi connectivity index (χ0) is 18.5. The molecule has 1 aliphatic rings. The molecule has 1 aromatic heterocycles. The van der Waals surface area contributed by atoms with Crippen LogP contribution in [0.1, 0.15) is 0 Å². The molecular formula is C20H19N3O4. The van der Waals surface area contributed by atoms with Gasteiger partial charge >= 0.3 is 6.03 Å². The third-order valence-corrected chi connectivity index (χ3v) is 4.03. The summed E-state index contributed by atoms with van der Waals surface area (Å²) in [6, 6.07) is 14.6. The van der Waals surface area contributed by atoms with E-state index in [9.17, 15) is 4.79 Å². The van der Waals surface area contributed by atoms with Gasteiger partial charge in [-0.15, -0.1) is 0 Å². The number of ether oxygens (including phenoxy) is 3. The molecular weight excluding hydrogens is 346 g/mol. The largest absolute Gasteiger partial charge is 0.492 e. The van der Waals surface area contributed by atoms with E-state index in [0.29, 0.717) is 43.6 Å². The van der Waals surface area contributed by atoms with Gasteiger partial charge in [0.2, 0.25) is 0 Å². The highest BCUT2D eigenvalue weighted by molar-refractivity contribution is 5.89. The molecule has 0 spiro atoms. The highest BCUT2D eigenvalue weighted by atomic mass is 16.6. The van der Waals surface area contributed by atoms with Gasteiger partial charge in [-0.2, -0.15) is 0 Å². The summed E-state index contributed by atoms with van der Waals surface area (Å²) in [5, 5.41) is 6.54. The summed E-state index contributed by atoms with van der Waals surface area (Å²) >= 11 is 0. The Balaban J connectivity index is 1.24. The molecule has 0 saturated carbocycles. The van der Waals surface area contributed by atoms with Gasteiger partial charge in [-0.05, 0) is 36.4 Å². The summed E-state index contributed by atoms with van der Waals surface area (Å²) in [5.41, 5.74) is 1.56. The van der Waals surface area contributed by atoms with Crippen molar-refractivity contribution in [1.29, 1.82) is 0 Å². The third-order valence-electron chi connectivity index (χ3n) is 4.03. The SMILES string of the molecule is O=C(NCCOc1ccc2ncccc2c1)Nc1ccc2c(c1)OCCO2. The molecule has 0 radical (unpaired) electrons. The number of nitrogens with one attached hydrogen (secondary N) is 2. The first-order valence-electron chi connectivity index (χ1n) is 8.70. The van der Waals surface area contributed by atoms with Crippen LogP contribution in [0.5, 0.6) is 17.2 Å². The fourth-order valence-electron chi connectivity index (χ4n) is 2.77. The van der Waals surface area contributed by atoms with Gasteiger partial charge in [0.15, 0.2) is 11.5 Å². The number of hydrogen-bond donors (Lipinski definition) is 2. The molecule has 0 saturated heterocycles. The standard InChI is InChI=1S/C20H19N3O4/c24-20(23-15-3-6-18-19(13-15)27-11-10-26-18)22-8-9-25-16-4-5-17-14(12-16)2-1-7-21-17/h1-7,12-13H,8-11H2,(H2,22,23,24). The molecule has 7 nitrogen and oxygen atoms in total. The third kappa shape index (κ3) is 4.20. The van der Waals surface area contributed by atoms with Crippen LogP contribution in [-0.2, 0) is 0 Å². The first-order chi connectivity index (χ1) is 13.3. The lowest BCUT2D eigenvalue weighted by Gasteiger charge is -2.19. The van der Waals surface area contributed by atoms with Crippen LogP contribution in [0.25, 0.3) is 10.9 Å². The van der Waals surface area contributed by atoms with E-state index in [1.807, 2.05) is 30.3 Å². The van der Waals surface area contributed by atoms with Crippen LogP contribution in [-0.4, -0.2) is 37.4 Å². The summed E-state index contributed by atoms with van der Waals surface area (Å²) in [5.74, 6) is 2.06. The van der Waals surface area contributed by atoms with E-state index in [1.54, 1.807) is 24.4 Å². The molecule has 27 heavy (non-hydrogen) atoms. The summed E-state index contributed by atoms with van der Waals surface area (Å²) in [4.78, 5) is 16.3. The number of pyridine rings is 1. The van der Waals surface area contributed by atoms with E-state index in [-0.39, 0.29) is 6.03 Å². The number of benzene rings is 2. The van der Waals surface area contributed by atoms with Crippen molar-refractivity contribution in [2.45, 2.75) is 0 Å². The van der Waals surface area contributed by atoms with Crippen LogP contribution in [0.15, 0.2) is 54.7 Å². The second kappa shape index (κ2) is 7.82. The predicted molar refractivity (Wildman–Crippen MR) is 102 cm³/mol. The second-order valence-electron chi connectivity index (χ2n) is 5.95. The van der Waals surface area contributed by atoms with Crippen LogP contribution in [0.3, 0.4) is 0 Å². The van der Waals surface area contributed by atoms with Gasteiger partial charge in [0.1, 0.15) is 25.6 Å². The molecule has 2 N–H and O–H groups in total. The molecule has 0 fully saturated rings. The first kappa shape index (κ1) is 17.0. The number of carbonyl (C=O) groups is 1. The maximum atomic E-state index is 12.0. The number of rotatable bonds is 5. The molecule has 0 aliphatic carbocycles. The van der Waals surface area contributed by atoms with Crippen LogP contribution in [0, 0.1) is 0 Å². The lowest BCUT2D eigenvalue weighted by atomic mass is 10.2. The average Bonchev–Trinajstić information content (AvgIpc) is 2.71. The molecule has 0 bridgehead atoms. The van der Waals surface area contributed by atoms with E-state index in [2.05, 4.69) is 15.6 Å². The number of nitrogens with zero attached hydrogens (tertiary/aromatic N) is 1. The van der Waals surface area contributed by atoms with E-state index in [1.165, 1.54) is 0 Å². The van der Waals surface area contributed by atoms with Gasteiger partial charge in [0.25, 0.3) is 0 Å². The van der Waals surface area contributed by atoms with Crippen LogP contribution in [0.2, 0.25) is 0 Å². The lowest BCUT2D eigenvalue weighted by Crippen LogP contribution is -2.32. The molecule has 0 atom stereocenters. The van der Waals surface area contributed by atoms with Crippen LogP contribution in [0.4, 0.5) is 10.5 Å².